The summed E-state index contributed by atoms with van der Waals surface area (Å²) in [4.78, 5) is 7.83. The molecule has 0 aliphatic heterocycles. The van der Waals surface area contributed by atoms with E-state index in [1.807, 2.05) is 6.92 Å². The van der Waals surface area contributed by atoms with Gasteiger partial charge in [-0.05, 0) is 18.5 Å². The number of ether oxygens (including phenoxy) is 1. The van der Waals surface area contributed by atoms with Gasteiger partial charge in [-0.2, -0.15) is 10.1 Å². The molecule has 0 unspecified atom stereocenters. The molecule has 0 bridgehead atoms. The van der Waals surface area contributed by atoms with E-state index in [9.17, 15) is 0 Å². The minimum Gasteiger partial charge on any atom is -0.488 e. The number of nitrogens with zero attached hydrogens (tertiary/aromatic N) is 4. The number of aromatic nitrogens is 4. The highest BCUT2D eigenvalue weighted by atomic mass is 35.5. The zero-order valence-corrected chi connectivity index (χ0v) is 13.2. The Balaban J connectivity index is 1.83. The van der Waals surface area contributed by atoms with E-state index >= 15 is 0 Å². The number of aryl methyl sites for hydroxylation is 1. The molecule has 0 spiro atoms. The molecule has 0 fully saturated rings. The fourth-order valence-corrected chi connectivity index (χ4v) is 1.97. The Hall–Kier alpha value is -1.73. The Morgan fingerprint density at radius 3 is 2.90 bits per heavy atom. The van der Waals surface area contributed by atoms with Crippen molar-refractivity contribution in [1.29, 1.82) is 0 Å². The second-order valence-corrected chi connectivity index (χ2v) is 5.32. The first-order valence-electron chi connectivity index (χ1n) is 6.32. The van der Waals surface area contributed by atoms with E-state index in [1.54, 1.807) is 17.9 Å². The first-order chi connectivity index (χ1) is 9.95. The third-order valence-corrected chi connectivity index (χ3v) is 3.19. The van der Waals surface area contributed by atoms with Gasteiger partial charge in [-0.15, -0.1) is 0 Å². The summed E-state index contributed by atoms with van der Waals surface area (Å²) in [7, 11) is 1.79. The molecule has 0 saturated carbocycles. The van der Waals surface area contributed by atoms with Crippen LogP contribution in [0.25, 0.3) is 0 Å². The molecule has 2 aromatic heterocycles. The smallest absolute Gasteiger partial charge is 0.224 e. The maximum atomic E-state index is 5.99. The van der Waals surface area contributed by atoms with Gasteiger partial charge >= 0.3 is 0 Å². The molecule has 0 saturated heterocycles. The lowest BCUT2D eigenvalue weighted by Gasteiger charge is -2.15. The van der Waals surface area contributed by atoms with Crippen LogP contribution >= 0.6 is 23.2 Å². The van der Waals surface area contributed by atoms with Crippen LogP contribution in [-0.4, -0.2) is 32.4 Å². The average molecular weight is 331 g/mol. The first kappa shape index (κ1) is 15.7. The summed E-state index contributed by atoms with van der Waals surface area (Å²) in [5.41, 5.74) is 5.70. The van der Waals surface area contributed by atoms with Crippen LogP contribution in [0.1, 0.15) is 13.3 Å². The lowest BCUT2D eigenvalue weighted by atomic mass is 10.2. The lowest BCUT2D eigenvalue weighted by molar-refractivity contribution is 0.305. The third kappa shape index (κ3) is 4.37. The zero-order chi connectivity index (χ0) is 15.4. The van der Waals surface area contributed by atoms with Gasteiger partial charge in [-0.25, -0.2) is 4.98 Å². The molecule has 0 aromatic carbocycles. The second-order valence-electron chi connectivity index (χ2n) is 4.57. The number of nitrogens with two attached hydrogens (primary N) is 1. The first-order valence-corrected chi connectivity index (χ1v) is 7.08. The van der Waals surface area contributed by atoms with Gasteiger partial charge < -0.3 is 15.8 Å². The molecular weight excluding hydrogens is 315 g/mol. The van der Waals surface area contributed by atoms with Crippen molar-refractivity contribution in [2.24, 2.45) is 7.05 Å². The van der Waals surface area contributed by atoms with Crippen molar-refractivity contribution in [2.45, 2.75) is 19.4 Å². The van der Waals surface area contributed by atoms with E-state index < -0.39 is 0 Å². The van der Waals surface area contributed by atoms with E-state index in [0.717, 1.165) is 6.42 Å². The molecule has 0 aliphatic carbocycles. The summed E-state index contributed by atoms with van der Waals surface area (Å²) < 4.78 is 7.19. The summed E-state index contributed by atoms with van der Waals surface area (Å²) in [6, 6.07) is 0.0892. The topological polar surface area (TPSA) is 90.9 Å². The van der Waals surface area contributed by atoms with Crippen molar-refractivity contribution in [1.82, 2.24) is 19.7 Å². The predicted octanol–water partition coefficient (Wildman–Crippen LogP) is 2.37. The summed E-state index contributed by atoms with van der Waals surface area (Å²) in [6.07, 6.45) is 3.92. The molecule has 3 N–H and O–H groups in total. The highest BCUT2D eigenvalue weighted by Crippen LogP contribution is 2.21. The Bertz CT molecular complexity index is 618. The van der Waals surface area contributed by atoms with Gasteiger partial charge in [0.25, 0.3) is 0 Å². The van der Waals surface area contributed by atoms with Gasteiger partial charge in [-0.3, -0.25) is 4.68 Å². The number of hydrogen-bond acceptors (Lipinski definition) is 6. The molecule has 1 atom stereocenters. The average Bonchev–Trinajstić information content (AvgIpc) is 2.72. The molecule has 0 aliphatic rings. The van der Waals surface area contributed by atoms with Gasteiger partial charge in [0.1, 0.15) is 10.8 Å². The number of anilines is 2. The summed E-state index contributed by atoms with van der Waals surface area (Å²) in [5, 5.41) is 7.73. The number of hydrogen-bond donors (Lipinski definition) is 2. The van der Waals surface area contributed by atoms with Gasteiger partial charge in [-0.1, -0.05) is 11.6 Å². The number of nitrogens with one attached hydrogen (secondary N) is 1. The summed E-state index contributed by atoms with van der Waals surface area (Å²) >= 11 is 11.7. The fraction of sp³-hybridized carbons (Fsp3) is 0.417. The van der Waals surface area contributed by atoms with Gasteiger partial charge in [0, 0.05) is 19.5 Å². The van der Waals surface area contributed by atoms with Crippen LogP contribution in [0.15, 0.2) is 12.4 Å². The molecule has 2 heterocycles. The Morgan fingerprint density at radius 2 is 2.24 bits per heavy atom. The van der Waals surface area contributed by atoms with Crippen molar-refractivity contribution in [3.8, 4) is 5.75 Å². The molecule has 0 radical (unpaired) electrons. The Morgan fingerprint density at radius 1 is 1.48 bits per heavy atom. The Kier molecular flexibility index (Phi) is 5.08. The van der Waals surface area contributed by atoms with Crippen molar-refractivity contribution in [3.05, 3.63) is 22.7 Å². The van der Waals surface area contributed by atoms with Crippen molar-refractivity contribution < 1.29 is 4.74 Å². The summed E-state index contributed by atoms with van der Waals surface area (Å²) in [5.74, 6) is 1.46. The number of rotatable bonds is 6. The molecule has 2 rings (SSSR count). The van der Waals surface area contributed by atoms with Crippen LogP contribution in [0.4, 0.5) is 11.6 Å². The maximum absolute atomic E-state index is 5.99. The fourth-order valence-electron chi connectivity index (χ4n) is 1.69. The number of halogens is 2. The highest BCUT2D eigenvalue weighted by Gasteiger charge is 2.10. The van der Waals surface area contributed by atoms with Crippen LogP contribution in [0.5, 0.6) is 5.75 Å². The molecular formula is C12H16Cl2N6O. The van der Waals surface area contributed by atoms with Crippen LogP contribution in [0.2, 0.25) is 10.3 Å². The minimum absolute atomic E-state index is 0.0892. The standard InChI is InChI=1S/C12H16Cl2N6O/c1-7(17-11-8(13)5-16-12(14)18-11)3-4-21-9-6-20(2)19-10(9)15/h5-7H,3-4H2,1-2H3,(H2,15,19)(H,16,17,18)/t7-/m1/s1. The maximum Gasteiger partial charge on any atom is 0.224 e. The SMILES string of the molecule is C[C@H](CCOc1cn(C)nc1N)Nc1nc(Cl)ncc1Cl. The third-order valence-electron chi connectivity index (χ3n) is 2.73. The van der Waals surface area contributed by atoms with E-state index in [2.05, 4.69) is 20.4 Å². The molecule has 9 heteroatoms. The lowest BCUT2D eigenvalue weighted by Crippen LogP contribution is -2.19. The molecule has 21 heavy (non-hydrogen) atoms. The predicted molar refractivity (Wildman–Crippen MR) is 82.9 cm³/mol. The zero-order valence-electron chi connectivity index (χ0n) is 11.7. The van der Waals surface area contributed by atoms with Crippen LogP contribution in [-0.2, 0) is 7.05 Å². The molecule has 0 amide bonds. The molecule has 114 valence electrons. The normalized spacial score (nSPS) is 12.2. The minimum atomic E-state index is 0.0892. The van der Waals surface area contributed by atoms with Crippen molar-refractivity contribution in [2.75, 3.05) is 17.7 Å². The monoisotopic (exact) mass is 330 g/mol. The van der Waals surface area contributed by atoms with E-state index in [4.69, 9.17) is 33.7 Å². The molecule has 7 nitrogen and oxygen atoms in total. The number of nitrogen functional groups attached to an aromatic ring is 1. The van der Waals surface area contributed by atoms with E-state index in [0.29, 0.717) is 29.0 Å². The Labute approximate surface area is 132 Å². The summed E-state index contributed by atoms with van der Waals surface area (Å²) in [6.45, 7) is 2.47. The second kappa shape index (κ2) is 6.82. The highest BCUT2D eigenvalue weighted by molar-refractivity contribution is 6.33. The van der Waals surface area contributed by atoms with Crippen LogP contribution in [0, 0.1) is 0 Å². The van der Waals surface area contributed by atoms with E-state index in [1.165, 1.54) is 6.20 Å². The van der Waals surface area contributed by atoms with Crippen LogP contribution < -0.4 is 15.8 Å². The van der Waals surface area contributed by atoms with Gasteiger partial charge in [0.05, 0.1) is 19.0 Å². The molecule has 2 aromatic rings. The quantitative estimate of drug-likeness (QED) is 0.790. The van der Waals surface area contributed by atoms with Crippen molar-refractivity contribution in [3.63, 3.8) is 0 Å². The van der Waals surface area contributed by atoms with Crippen LogP contribution in [0.3, 0.4) is 0 Å². The van der Waals surface area contributed by atoms with Gasteiger partial charge in [0.15, 0.2) is 11.6 Å². The van der Waals surface area contributed by atoms with Crippen molar-refractivity contribution >= 4 is 34.8 Å². The largest absolute Gasteiger partial charge is 0.488 e. The van der Waals surface area contributed by atoms with Gasteiger partial charge in [0.2, 0.25) is 5.28 Å². The van der Waals surface area contributed by atoms with E-state index in [-0.39, 0.29) is 11.3 Å².